The van der Waals surface area contributed by atoms with Crippen LogP contribution in [0.1, 0.15) is 44.1 Å². The van der Waals surface area contributed by atoms with Crippen LogP contribution in [0.3, 0.4) is 0 Å². The average Bonchev–Trinajstić information content (AvgIpc) is 2.61. The Morgan fingerprint density at radius 1 is 1.17 bits per heavy atom. The molecule has 23 heavy (non-hydrogen) atoms. The topological polar surface area (TPSA) is 55.1 Å². The van der Waals surface area contributed by atoms with E-state index in [2.05, 4.69) is 35.6 Å². The molecule has 0 saturated heterocycles. The molecule has 122 valence electrons. The summed E-state index contributed by atoms with van der Waals surface area (Å²) in [7, 11) is 0. The van der Waals surface area contributed by atoms with E-state index in [1.54, 1.807) is 0 Å². The fourth-order valence-corrected chi connectivity index (χ4v) is 3.62. The molecule has 3 atom stereocenters. The first kappa shape index (κ1) is 16.0. The van der Waals surface area contributed by atoms with Crippen molar-refractivity contribution < 1.29 is 4.79 Å². The molecule has 1 amide bonds. The number of rotatable bonds is 4. The highest BCUT2D eigenvalue weighted by Crippen LogP contribution is 2.26. The van der Waals surface area contributed by atoms with Crippen LogP contribution in [0, 0.1) is 5.92 Å². The molecule has 0 spiro atoms. The van der Waals surface area contributed by atoms with Crippen molar-refractivity contribution in [3.05, 3.63) is 48.0 Å². The van der Waals surface area contributed by atoms with Crippen molar-refractivity contribution in [1.29, 1.82) is 0 Å². The summed E-state index contributed by atoms with van der Waals surface area (Å²) in [6.07, 6.45) is 4.60. The number of fused-ring (bicyclic) bond motifs is 1. The van der Waals surface area contributed by atoms with E-state index in [9.17, 15) is 4.79 Å². The first-order valence-electron chi connectivity index (χ1n) is 8.68. The molecule has 3 rings (SSSR count). The third kappa shape index (κ3) is 3.56. The minimum absolute atomic E-state index is 0.116. The van der Waals surface area contributed by atoms with Crippen LogP contribution in [0.5, 0.6) is 0 Å². The summed E-state index contributed by atoms with van der Waals surface area (Å²) >= 11 is 0. The van der Waals surface area contributed by atoms with E-state index in [1.807, 2.05) is 19.1 Å². The number of carbonyl (C=O) groups is 1. The fourth-order valence-electron chi connectivity index (χ4n) is 3.62. The molecule has 1 fully saturated rings. The van der Waals surface area contributed by atoms with Crippen molar-refractivity contribution in [3.63, 3.8) is 0 Å². The number of benzene rings is 2. The molecule has 1 aliphatic rings. The van der Waals surface area contributed by atoms with Gasteiger partial charge in [-0.15, -0.1) is 0 Å². The van der Waals surface area contributed by atoms with E-state index in [0.29, 0.717) is 12.5 Å². The van der Waals surface area contributed by atoms with Crippen LogP contribution < -0.4 is 11.1 Å². The van der Waals surface area contributed by atoms with Gasteiger partial charge in [0.05, 0.1) is 5.92 Å². The van der Waals surface area contributed by atoms with Gasteiger partial charge in [0.1, 0.15) is 0 Å². The third-order valence-electron chi connectivity index (χ3n) is 5.21. The summed E-state index contributed by atoms with van der Waals surface area (Å²) in [6, 6.07) is 14.8. The zero-order valence-electron chi connectivity index (χ0n) is 13.8. The van der Waals surface area contributed by atoms with Crippen LogP contribution in [0.25, 0.3) is 10.8 Å². The van der Waals surface area contributed by atoms with Crippen molar-refractivity contribution in [3.8, 4) is 0 Å². The van der Waals surface area contributed by atoms with Gasteiger partial charge in [-0.1, -0.05) is 55.3 Å². The van der Waals surface area contributed by atoms with Gasteiger partial charge in [-0.25, -0.2) is 0 Å². The third-order valence-corrected chi connectivity index (χ3v) is 5.21. The van der Waals surface area contributed by atoms with E-state index < -0.39 is 0 Å². The number of hydrogen-bond acceptors (Lipinski definition) is 2. The normalized spacial score (nSPS) is 22.7. The number of amides is 1. The Balaban J connectivity index is 1.72. The zero-order valence-corrected chi connectivity index (χ0v) is 13.8. The maximum Gasteiger partial charge on any atom is 0.227 e. The molecule has 0 aromatic heterocycles. The molecule has 3 unspecified atom stereocenters. The van der Waals surface area contributed by atoms with Gasteiger partial charge in [0, 0.05) is 6.04 Å². The van der Waals surface area contributed by atoms with Gasteiger partial charge in [0.25, 0.3) is 0 Å². The number of nitrogens with two attached hydrogens (primary N) is 1. The summed E-state index contributed by atoms with van der Waals surface area (Å²) in [6.45, 7) is 2.65. The standard InChI is InChI=1S/C20H26N2O/c1-14(16-11-10-15-6-2-3-7-17(15)12-16)20(23)22-19-9-5-4-8-18(19)13-21/h2-3,6-7,10-12,14,18-19H,4-5,8-9,13,21H2,1H3,(H,22,23). The Bertz CT molecular complexity index is 682. The lowest BCUT2D eigenvalue weighted by Crippen LogP contribution is -2.46. The Labute approximate surface area is 138 Å². The summed E-state index contributed by atoms with van der Waals surface area (Å²) < 4.78 is 0. The Kier molecular flexibility index (Phi) is 4.97. The van der Waals surface area contributed by atoms with Gasteiger partial charge in [-0.3, -0.25) is 4.79 Å². The Morgan fingerprint density at radius 3 is 2.70 bits per heavy atom. The molecule has 0 heterocycles. The first-order chi connectivity index (χ1) is 11.2. The largest absolute Gasteiger partial charge is 0.353 e. The van der Waals surface area contributed by atoms with Crippen LogP contribution in [-0.2, 0) is 4.79 Å². The van der Waals surface area contributed by atoms with Crippen LogP contribution in [-0.4, -0.2) is 18.5 Å². The van der Waals surface area contributed by atoms with E-state index in [1.165, 1.54) is 23.6 Å². The highest BCUT2D eigenvalue weighted by Gasteiger charge is 2.27. The second kappa shape index (κ2) is 7.14. The van der Waals surface area contributed by atoms with E-state index in [0.717, 1.165) is 18.4 Å². The number of carbonyl (C=O) groups excluding carboxylic acids is 1. The predicted molar refractivity (Wildman–Crippen MR) is 95.3 cm³/mol. The highest BCUT2D eigenvalue weighted by molar-refractivity contribution is 5.87. The molecular formula is C20H26N2O. The molecule has 2 aromatic rings. The Morgan fingerprint density at radius 2 is 1.91 bits per heavy atom. The number of hydrogen-bond donors (Lipinski definition) is 2. The monoisotopic (exact) mass is 310 g/mol. The smallest absolute Gasteiger partial charge is 0.227 e. The molecule has 0 bridgehead atoms. The molecule has 3 nitrogen and oxygen atoms in total. The molecule has 1 saturated carbocycles. The second-order valence-electron chi connectivity index (χ2n) is 6.72. The van der Waals surface area contributed by atoms with E-state index >= 15 is 0 Å². The van der Waals surface area contributed by atoms with Crippen molar-refractivity contribution >= 4 is 16.7 Å². The maximum absolute atomic E-state index is 12.7. The Hall–Kier alpha value is -1.87. The van der Waals surface area contributed by atoms with Gasteiger partial charge in [0.2, 0.25) is 5.91 Å². The molecule has 3 N–H and O–H groups in total. The molecule has 3 heteroatoms. The quantitative estimate of drug-likeness (QED) is 0.907. The SMILES string of the molecule is CC(C(=O)NC1CCCCC1CN)c1ccc2ccccc2c1. The molecule has 0 radical (unpaired) electrons. The lowest BCUT2D eigenvalue weighted by atomic mass is 9.84. The first-order valence-corrected chi connectivity index (χ1v) is 8.68. The average molecular weight is 310 g/mol. The lowest BCUT2D eigenvalue weighted by molar-refractivity contribution is -0.123. The van der Waals surface area contributed by atoms with Crippen molar-refractivity contribution in [2.45, 2.75) is 44.6 Å². The van der Waals surface area contributed by atoms with Gasteiger partial charge in [-0.2, -0.15) is 0 Å². The predicted octanol–water partition coefficient (Wildman–Crippen LogP) is 3.58. The van der Waals surface area contributed by atoms with Crippen LogP contribution in [0.15, 0.2) is 42.5 Å². The van der Waals surface area contributed by atoms with Crippen LogP contribution >= 0.6 is 0 Å². The highest BCUT2D eigenvalue weighted by atomic mass is 16.1. The van der Waals surface area contributed by atoms with Gasteiger partial charge >= 0.3 is 0 Å². The van der Waals surface area contributed by atoms with Crippen molar-refractivity contribution in [2.75, 3.05) is 6.54 Å². The molecule has 0 aliphatic heterocycles. The van der Waals surface area contributed by atoms with Crippen LogP contribution in [0.2, 0.25) is 0 Å². The van der Waals surface area contributed by atoms with Crippen LogP contribution in [0.4, 0.5) is 0 Å². The van der Waals surface area contributed by atoms with Crippen molar-refractivity contribution in [2.24, 2.45) is 11.7 Å². The summed E-state index contributed by atoms with van der Waals surface area (Å²) in [5, 5.41) is 5.64. The second-order valence-corrected chi connectivity index (χ2v) is 6.72. The summed E-state index contributed by atoms with van der Waals surface area (Å²) in [4.78, 5) is 12.7. The van der Waals surface area contributed by atoms with Gasteiger partial charge in [-0.05, 0) is 48.6 Å². The van der Waals surface area contributed by atoms with Gasteiger partial charge < -0.3 is 11.1 Å². The zero-order chi connectivity index (χ0) is 16.2. The molecule has 2 aromatic carbocycles. The van der Waals surface area contributed by atoms with E-state index in [-0.39, 0.29) is 17.9 Å². The minimum atomic E-state index is -0.139. The lowest BCUT2D eigenvalue weighted by Gasteiger charge is -2.32. The van der Waals surface area contributed by atoms with E-state index in [4.69, 9.17) is 5.73 Å². The minimum Gasteiger partial charge on any atom is -0.353 e. The summed E-state index contributed by atoms with van der Waals surface area (Å²) in [5.41, 5.74) is 6.94. The fraction of sp³-hybridized carbons (Fsp3) is 0.450. The molecule has 1 aliphatic carbocycles. The number of nitrogens with one attached hydrogen (secondary N) is 1. The van der Waals surface area contributed by atoms with Gasteiger partial charge in [0.15, 0.2) is 0 Å². The van der Waals surface area contributed by atoms with Crippen molar-refractivity contribution in [1.82, 2.24) is 5.32 Å². The summed E-state index contributed by atoms with van der Waals surface area (Å²) in [5.74, 6) is 0.405. The molecular weight excluding hydrogens is 284 g/mol. The maximum atomic E-state index is 12.7.